The standard InChI is InChI=1S/C27H28F2N6O3/c1-3-35-25-24(18(2)30-35)33(27(38)34(26(25)37)16-19-4-6-20(28)7-5-19)17-23(36)32-14-12-31(13-15-32)22-10-8-21(29)9-11-22/h4-11H,3,12-17H2,1-2H3. The zero-order valence-electron chi connectivity index (χ0n) is 21.2. The van der Waals surface area contributed by atoms with Gasteiger partial charge in [0.15, 0.2) is 5.52 Å². The lowest BCUT2D eigenvalue weighted by atomic mass is 10.2. The number of anilines is 1. The molecule has 5 rings (SSSR count). The lowest BCUT2D eigenvalue weighted by molar-refractivity contribution is -0.132. The summed E-state index contributed by atoms with van der Waals surface area (Å²) in [5.74, 6) is -0.969. The summed E-state index contributed by atoms with van der Waals surface area (Å²) in [5.41, 5.74) is 1.42. The number of carbonyl (C=O) groups is 1. The summed E-state index contributed by atoms with van der Waals surface area (Å²) in [5, 5.41) is 4.44. The van der Waals surface area contributed by atoms with Gasteiger partial charge in [-0.15, -0.1) is 0 Å². The Kier molecular flexibility index (Phi) is 6.83. The smallest absolute Gasteiger partial charge is 0.332 e. The summed E-state index contributed by atoms with van der Waals surface area (Å²) >= 11 is 0. The number of fused-ring (bicyclic) bond motifs is 1. The van der Waals surface area contributed by atoms with Crippen molar-refractivity contribution in [3.8, 4) is 0 Å². The molecule has 1 fully saturated rings. The van der Waals surface area contributed by atoms with Crippen LogP contribution in [0.25, 0.3) is 11.0 Å². The number of hydrogen-bond donors (Lipinski definition) is 0. The predicted octanol–water partition coefficient (Wildman–Crippen LogP) is 2.36. The Morgan fingerprint density at radius 1 is 0.868 bits per heavy atom. The minimum Gasteiger partial charge on any atom is -0.368 e. The van der Waals surface area contributed by atoms with Gasteiger partial charge < -0.3 is 9.80 Å². The van der Waals surface area contributed by atoms with E-state index in [0.717, 1.165) is 10.3 Å². The van der Waals surface area contributed by atoms with Gasteiger partial charge >= 0.3 is 5.69 Å². The normalized spacial score (nSPS) is 13.9. The molecule has 1 aliphatic heterocycles. The molecule has 0 spiro atoms. The van der Waals surface area contributed by atoms with Crippen molar-refractivity contribution in [1.29, 1.82) is 0 Å². The third-order valence-electron chi connectivity index (χ3n) is 6.95. The molecule has 0 N–H and O–H groups in total. The third kappa shape index (κ3) is 4.71. The van der Waals surface area contributed by atoms with Gasteiger partial charge in [0.2, 0.25) is 5.91 Å². The van der Waals surface area contributed by atoms with E-state index < -0.39 is 17.1 Å². The van der Waals surface area contributed by atoms with Crippen molar-refractivity contribution in [3.05, 3.63) is 92.3 Å². The van der Waals surface area contributed by atoms with E-state index in [9.17, 15) is 23.2 Å². The van der Waals surface area contributed by atoms with Crippen LogP contribution >= 0.6 is 0 Å². The fraction of sp³-hybridized carbons (Fsp3) is 0.333. The maximum absolute atomic E-state index is 13.6. The Labute approximate surface area is 217 Å². The summed E-state index contributed by atoms with van der Waals surface area (Å²) < 4.78 is 30.6. The van der Waals surface area contributed by atoms with Crippen LogP contribution in [-0.2, 0) is 24.4 Å². The minimum absolute atomic E-state index is 0.0631. The maximum atomic E-state index is 13.6. The number of rotatable bonds is 6. The number of hydrogen-bond acceptors (Lipinski definition) is 5. The van der Waals surface area contributed by atoms with Gasteiger partial charge in [0, 0.05) is 38.4 Å². The second kappa shape index (κ2) is 10.2. The highest BCUT2D eigenvalue weighted by Gasteiger charge is 2.25. The summed E-state index contributed by atoms with van der Waals surface area (Å²) in [7, 11) is 0. The number of aromatic nitrogens is 4. The zero-order valence-corrected chi connectivity index (χ0v) is 21.2. The molecule has 2 aromatic heterocycles. The molecule has 1 aliphatic rings. The Bertz CT molecular complexity index is 1600. The highest BCUT2D eigenvalue weighted by Crippen LogP contribution is 2.18. The number of piperazine rings is 1. The first-order chi connectivity index (χ1) is 18.3. The second-order valence-corrected chi connectivity index (χ2v) is 9.33. The largest absolute Gasteiger partial charge is 0.368 e. The average Bonchev–Trinajstić information content (AvgIpc) is 3.26. The molecule has 3 heterocycles. The molecule has 0 unspecified atom stereocenters. The van der Waals surface area contributed by atoms with Gasteiger partial charge in [-0.1, -0.05) is 12.1 Å². The van der Waals surface area contributed by atoms with E-state index in [1.165, 1.54) is 45.6 Å². The lowest BCUT2D eigenvalue weighted by Crippen LogP contribution is -2.51. The van der Waals surface area contributed by atoms with E-state index >= 15 is 0 Å². The number of benzene rings is 2. The third-order valence-corrected chi connectivity index (χ3v) is 6.95. The number of amides is 1. The van der Waals surface area contributed by atoms with Gasteiger partial charge in [0.1, 0.15) is 23.7 Å². The fourth-order valence-electron chi connectivity index (χ4n) is 4.95. The van der Waals surface area contributed by atoms with Crippen molar-refractivity contribution in [1.82, 2.24) is 23.8 Å². The average molecular weight is 523 g/mol. The monoisotopic (exact) mass is 522 g/mol. The number of nitrogens with zero attached hydrogens (tertiary/aromatic N) is 6. The highest BCUT2D eigenvalue weighted by atomic mass is 19.1. The van der Waals surface area contributed by atoms with Gasteiger partial charge in [-0.05, 0) is 55.8 Å². The van der Waals surface area contributed by atoms with Gasteiger partial charge in [0.25, 0.3) is 5.56 Å². The van der Waals surface area contributed by atoms with Crippen LogP contribution in [-0.4, -0.2) is 55.9 Å². The molecule has 0 aliphatic carbocycles. The van der Waals surface area contributed by atoms with Gasteiger partial charge in [-0.25, -0.2) is 13.6 Å². The predicted molar refractivity (Wildman–Crippen MR) is 139 cm³/mol. The minimum atomic E-state index is -0.621. The summed E-state index contributed by atoms with van der Waals surface area (Å²) in [4.78, 5) is 44.2. The van der Waals surface area contributed by atoms with Crippen LogP contribution in [0.1, 0.15) is 18.2 Å². The molecule has 0 bridgehead atoms. The van der Waals surface area contributed by atoms with Gasteiger partial charge in [-0.2, -0.15) is 5.10 Å². The Balaban J connectivity index is 1.45. The van der Waals surface area contributed by atoms with E-state index in [4.69, 9.17) is 0 Å². The SMILES string of the molecule is CCn1nc(C)c2c1c(=O)n(Cc1ccc(F)cc1)c(=O)n2CC(=O)N1CCN(c2ccc(F)cc2)CC1. The molecular weight excluding hydrogens is 494 g/mol. The molecule has 0 radical (unpaired) electrons. The zero-order chi connectivity index (χ0) is 27.0. The molecule has 9 nitrogen and oxygen atoms in total. The Hall–Kier alpha value is -4.28. The maximum Gasteiger partial charge on any atom is 0.332 e. The van der Waals surface area contributed by atoms with Crippen molar-refractivity contribution in [3.63, 3.8) is 0 Å². The van der Waals surface area contributed by atoms with Crippen LogP contribution in [0.5, 0.6) is 0 Å². The van der Waals surface area contributed by atoms with Gasteiger partial charge in [0.05, 0.1) is 12.2 Å². The van der Waals surface area contributed by atoms with Crippen molar-refractivity contribution in [2.45, 2.75) is 33.5 Å². The molecule has 0 atom stereocenters. The quantitative estimate of drug-likeness (QED) is 0.388. The number of halogens is 2. The topological polar surface area (TPSA) is 85.4 Å². The molecule has 1 saturated heterocycles. The van der Waals surface area contributed by atoms with Crippen molar-refractivity contribution >= 4 is 22.6 Å². The molecule has 38 heavy (non-hydrogen) atoms. The molecule has 0 saturated carbocycles. The second-order valence-electron chi connectivity index (χ2n) is 9.33. The molecule has 11 heteroatoms. The van der Waals surface area contributed by atoms with Crippen LogP contribution in [0.3, 0.4) is 0 Å². The first kappa shape index (κ1) is 25.4. The van der Waals surface area contributed by atoms with Crippen LogP contribution in [0.4, 0.5) is 14.5 Å². The number of aryl methyl sites for hydroxylation is 2. The summed E-state index contributed by atoms with van der Waals surface area (Å²) in [6, 6.07) is 11.8. The first-order valence-corrected chi connectivity index (χ1v) is 12.5. The van der Waals surface area contributed by atoms with E-state index in [-0.39, 0.29) is 30.3 Å². The van der Waals surface area contributed by atoms with Crippen molar-refractivity contribution < 1.29 is 13.6 Å². The molecule has 1 amide bonds. The first-order valence-electron chi connectivity index (χ1n) is 12.5. The molecule has 2 aromatic carbocycles. The van der Waals surface area contributed by atoms with Crippen LogP contribution in [0, 0.1) is 18.6 Å². The van der Waals surface area contributed by atoms with Gasteiger partial charge in [-0.3, -0.25) is 23.4 Å². The van der Waals surface area contributed by atoms with Crippen molar-refractivity contribution in [2.24, 2.45) is 0 Å². The summed E-state index contributed by atoms with van der Waals surface area (Å²) in [6.45, 7) is 5.67. The van der Waals surface area contributed by atoms with Crippen LogP contribution < -0.4 is 16.1 Å². The van der Waals surface area contributed by atoms with Crippen LogP contribution in [0.2, 0.25) is 0 Å². The lowest BCUT2D eigenvalue weighted by Gasteiger charge is -2.36. The molecule has 4 aromatic rings. The summed E-state index contributed by atoms with van der Waals surface area (Å²) in [6.07, 6.45) is 0. The highest BCUT2D eigenvalue weighted by molar-refractivity contribution is 5.81. The van der Waals surface area contributed by atoms with E-state index in [1.807, 2.05) is 6.92 Å². The van der Waals surface area contributed by atoms with E-state index in [2.05, 4.69) is 10.00 Å². The van der Waals surface area contributed by atoms with Crippen LogP contribution in [0.15, 0.2) is 58.1 Å². The van der Waals surface area contributed by atoms with E-state index in [1.54, 1.807) is 24.0 Å². The fourth-order valence-corrected chi connectivity index (χ4v) is 4.95. The number of carbonyl (C=O) groups excluding carboxylic acids is 1. The van der Waals surface area contributed by atoms with Crippen molar-refractivity contribution in [2.75, 3.05) is 31.1 Å². The Morgan fingerprint density at radius 3 is 2.08 bits per heavy atom. The molecular formula is C27H28F2N6O3. The molecule has 198 valence electrons. The van der Waals surface area contributed by atoms with E-state index in [0.29, 0.717) is 49.5 Å². The Morgan fingerprint density at radius 2 is 1.47 bits per heavy atom.